The first kappa shape index (κ1) is 9.01. The molecule has 0 heterocycles. The molecule has 1 aromatic rings. The first-order valence-corrected chi connectivity index (χ1v) is 5.59. The average Bonchev–Trinajstić information content (AvgIpc) is 2.57. The van der Waals surface area contributed by atoms with Crippen LogP contribution < -0.4 is 0 Å². The van der Waals surface area contributed by atoms with E-state index >= 15 is 0 Å². The van der Waals surface area contributed by atoms with Crippen LogP contribution in [0.2, 0.25) is 0 Å². The van der Waals surface area contributed by atoms with Crippen molar-refractivity contribution in [3.8, 4) is 0 Å². The van der Waals surface area contributed by atoms with Gasteiger partial charge in [-0.15, -0.1) is 0 Å². The standard InChI is InChI=1S/C12H13Br/c13-12-7-3-6-11(9-12)8-10-4-1-2-5-10/h3,6-9H,1-2,4-5H2. The summed E-state index contributed by atoms with van der Waals surface area (Å²) in [6.07, 6.45) is 7.68. The predicted molar refractivity (Wildman–Crippen MR) is 60.6 cm³/mol. The van der Waals surface area contributed by atoms with Gasteiger partial charge in [-0.25, -0.2) is 0 Å². The van der Waals surface area contributed by atoms with Gasteiger partial charge >= 0.3 is 0 Å². The molecule has 0 spiro atoms. The molecule has 1 aromatic carbocycles. The second-order valence-electron chi connectivity index (χ2n) is 3.56. The lowest BCUT2D eigenvalue weighted by Gasteiger charge is -1.97. The lowest BCUT2D eigenvalue weighted by molar-refractivity contribution is 0.886. The van der Waals surface area contributed by atoms with E-state index in [1.807, 2.05) is 0 Å². The largest absolute Gasteiger partial charge is 0.0696 e. The Bertz CT molecular complexity index is 318. The number of hydrogen-bond acceptors (Lipinski definition) is 0. The maximum Gasteiger partial charge on any atom is 0.0181 e. The average molecular weight is 237 g/mol. The summed E-state index contributed by atoms with van der Waals surface area (Å²) in [6, 6.07) is 8.49. The zero-order chi connectivity index (χ0) is 9.10. The Morgan fingerprint density at radius 2 is 1.92 bits per heavy atom. The highest BCUT2D eigenvalue weighted by Crippen LogP contribution is 2.26. The Labute approximate surface area is 87.8 Å². The fourth-order valence-corrected chi connectivity index (χ4v) is 2.22. The molecule has 0 aromatic heterocycles. The highest BCUT2D eigenvalue weighted by molar-refractivity contribution is 9.10. The van der Waals surface area contributed by atoms with Crippen molar-refractivity contribution in [3.63, 3.8) is 0 Å². The van der Waals surface area contributed by atoms with Crippen LogP contribution in [-0.4, -0.2) is 0 Å². The summed E-state index contributed by atoms with van der Waals surface area (Å²) in [5, 5.41) is 0. The van der Waals surface area contributed by atoms with Crippen LogP contribution in [-0.2, 0) is 0 Å². The molecule has 1 saturated carbocycles. The summed E-state index contributed by atoms with van der Waals surface area (Å²) in [7, 11) is 0. The summed E-state index contributed by atoms with van der Waals surface area (Å²) in [5.41, 5.74) is 2.93. The van der Waals surface area contributed by atoms with Crippen molar-refractivity contribution in [3.05, 3.63) is 39.9 Å². The van der Waals surface area contributed by atoms with E-state index in [2.05, 4.69) is 46.3 Å². The SMILES string of the molecule is Brc1cccc(C=C2CCCC2)c1. The second-order valence-corrected chi connectivity index (χ2v) is 4.48. The van der Waals surface area contributed by atoms with E-state index in [1.54, 1.807) is 5.57 Å². The molecule has 0 N–H and O–H groups in total. The van der Waals surface area contributed by atoms with Crippen molar-refractivity contribution in [2.24, 2.45) is 0 Å². The molecule has 0 nitrogen and oxygen atoms in total. The van der Waals surface area contributed by atoms with Gasteiger partial charge in [0.15, 0.2) is 0 Å². The molecular weight excluding hydrogens is 224 g/mol. The fraction of sp³-hybridized carbons (Fsp3) is 0.333. The van der Waals surface area contributed by atoms with Crippen LogP contribution in [0.5, 0.6) is 0 Å². The van der Waals surface area contributed by atoms with Gasteiger partial charge in [0, 0.05) is 4.47 Å². The molecule has 0 unspecified atom stereocenters. The van der Waals surface area contributed by atoms with E-state index in [1.165, 1.54) is 35.7 Å². The molecule has 2 rings (SSSR count). The molecule has 1 aliphatic carbocycles. The normalized spacial score (nSPS) is 16.2. The van der Waals surface area contributed by atoms with Crippen LogP contribution in [0.15, 0.2) is 34.3 Å². The van der Waals surface area contributed by atoms with Gasteiger partial charge in [-0.05, 0) is 43.4 Å². The summed E-state index contributed by atoms with van der Waals surface area (Å²) >= 11 is 3.48. The molecule has 0 amide bonds. The minimum atomic E-state index is 1.17. The fourth-order valence-electron chi connectivity index (χ4n) is 1.81. The van der Waals surface area contributed by atoms with Gasteiger partial charge in [-0.2, -0.15) is 0 Å². The quantitative estimate of drug-likeness (QED) is 0.678. The minimum absolute atomic E-state index is 1.17. The van der Waals surface area contributed by atoms with Crippen LogP contribution >= 0.6 is 15.9 Å². The first-order valence-electron chi connectivity index (χ1n) is 4.79. The van der Waals surface area contributed by atoms with Gasteiger partial charge < -0.3 is 0 Å². The Hall–Kier alpha value is -0.560. The number of allylic oxidation sites excluding steroid dienone is 1. The lowest BCUT2D eigenvalue weighted by atomic mass is 10.1. The highest BCUT2D eigenvalue weighted by atomic mass is 79.9. The van der Waals surface area contributed by atoms with E-state index in [0.717, 1.165) is 0 Å². The monoisotopic (exact) mass is 236 g/mol. The molecule has 1 aliphatic rings. The smallest absolute Gasteiger partial charge is 0.0181 e. The summed E-state index contributed by atoms with van der Waals surface area (Å²) in [4.78, 5) is 0. The zero-order valence-corrected chi connectivity index (χ0v) is 9.18. The number of hydrogen-bond donors (Lipinski definition) is 0. The topological polar surface area (TPSA) is 0 Å². The summed E-state index contributed by atoms with van der Waals surface area (Å²) in [5.74, 6) is 0. The van der Waals surface area contributed by atoms with E-state index in [0.29, 0.717) is 0 Å². The first-order chi connectivity index (χ1) is 6.34. The second kappa shape index (κ2) is 4.10. The number of halogens is 1. The van der Waals surface area contributed by atoms with Gasteiger partial charge in [-0.1, -0.05) is 39.7 Å². The van der Waals surface area contributed by atoms with Gasteiger partial charge in [0.2, 0.25) is 0 Å². The molecule has 1 fully saturated rings. The molecule has 0 radical (unpaired) electrons. The van der Waals surface area contributed by atoms with E-state index in [4.69, 9.17) is 0 Å². The Morgan fingerprint density at radius 3 is 2.62 bits per heavy atom. The van der Waals surface area contributed by atoms with Crippen molar-refractivity contribution in [1.29, 1.82) is 0 Å². The minimum Gasteiger partial charge on any atom is -0.0696 e. The molecule has 1 heteroatoms. The maximum atomic E-state index is 3.48. The summed E-state index contributed by atoms with van der Waals surface area (Å²) < 4.78 is 1.17. The predicted octanol–water partition coefficient (Wildman–Crippen LogP) is 4.41. The molecule has 13 heavy (non-hydrogen) atoms. The Balaban J connectivity index is 2.21. The molecule has 0 saturated heterocycles. The molecule has 0 aliphatic heterocycles. The van der Waals surface area contributed by atoms with Crippen LogP contribution in [0.25, 0.3) is 6.08 Å². The highest BCUT2D eigenvalue weighted by Gasteiger charge is 2.05. The van der Waals surface area contributed by atoms with E-state index in [9.17, 15) is 0 Å². The maximum absolute atomic E-state index is 3.48. The molecule has 68 valence electrons. The van der Waals surface area contributed by atoms with Crippen LogP contribution in [0.1, 0.15) is 31.2 Å². The van der Waals surface area contributed by atoms with Crippen molar-refractivity contribution in [1.82, 2.24) is 0 Å². The van der Waals surface area contributed by atoms with Crippen molar-refractivity contribution in [2.75, 3.05) is 0 Å². The Morgan fingerprint density at radius 1 is 1.15 bits per heavy atom. The third-order valence-electron chi connectivity index (χ3n) is 2.47. The lowest BCUT2D eigenvalue weighted by Crippen LogP contribution is -1.75. The third-order valence-corrected chi connectivity index (χ3v) is 2.96. The van der Waals surface area contributed by atoms with Crippen molar-refractivity contribution < 1.29 is 0 Å². The zero-order valence-electron chi connectivity index (χ0n) is 7.59. The van der Waals surface area contributed by atoms with Crippen LogP contribution in [0.3, 0.4) is 0 Å². The molecular formula is C12H13Br. The van der Waals surface area contributed by atoms with Crippen LogP contribution in [0, 0.1) is 0 Å². The van der Waals surface area contributed by atoms with Crippen molar-refractivity contribution >= 4 is 22.0 Å². The molecule has 0 atom stereocenters. The van der Waals surface area contributed by atoms with E-state index < -0.39 is 0 Å². The molecule has 0 bridgehead atoms. The van der Waals surface area contributed by atoms with Gasteiger partial charge in [-0.3, -0.25) is 0 Å². The Kier molecular flexibility index (Phi) is 2.84. The number of benzene rings is 1. The number of rotatable bonds is 1. The van der Waals surface area contributed by atoms with Gasteiger partial charge in [0.1, 0.15) is 0 Å². The van der Waals surface area contributed by atoms with Gasteiger partial charge in [0.25, 0.3) is 0 Å². The van der Waals surface area contributed by atoms with E-state index in [-0.39, 0.29) is 0 Å². The summed E-state index contributed by atoms with van der Waals surface area (Å²) in [6.45, 7) is 0. The third kappa shape index (κ3) is 2.44. The van der Waals surface area contributed by atoms with Crippen LogP contribution in [0.4, 0.5) is 0 Å². The van der Waals surface area contributed by atoms with Gasteiger partial charge in [0.05, 0.1) is 0 Å². The van der Waals surface area contributed by atoms with Crippen molar-refractivity contribution in [2.45, 2.75) is 25.7 Å².